The van der Waals surface area contributed by atoms with E-state index >= 15 is 0 Å². The van der Waals surface area contributed by atoms with Gasteiger partial charge in [-0.1, -0.05) is 6.07 Å². The van der Waals surface area contributed by atoms with E-state index in [0.29, 0.717) is 5.56 Å². The molecule has 0 amide bonds. The molecular weight excluding hydrogens is 381 g/mol. The van der Waals surface area contributed by atoms with Crippen molar-refractivity contribution in [3.8, 4) is 5.88 Å². The molecule has 2 heterocycles. The number of rotatable bonds is 4. The van der Waals surface area contributed by atoms with Crippen LogP contribution in [0.4, 0.5) is 4.39 Å². The SMILES string of the molecule is Cc1c(C(=O)c2cnn(C)c2OC(=O)c2cccc(F)c2)ccc2scnc12. The zero-order valence-electron chi connectivity index (χ0n) is 15.0. The number of esters is 1. The van der Waals surface area contributed by atoms with Crippen molar-refractivity contribution in [3.05, 3.63) is 76.2 Å². The second kappa shape index (κ2) is 6.97. The number of carbonyl (C=O) groups excluding carboxylic acids is 2. The fourth-order valence-corrected chi connectivity index (χ4v) is 3.66. The highest BCUT2D eigenvalue weighted by atomic mass is 32.1. The number of ether oxygens (including phenoxy) is 1. The van der Waals surface area contributed by atoms with Crippen LogP contribution in [0.25, 0.3) is 10.2 Å². The Labute approximate surface area is 163 Å². The fourth-order valence-electron chi connectivity index (χ4n) is 2.92. The quantitative estimate of drug-likeness (QED) is 0.387. The maximum atomic E-state index is 13.4. The summed E-state index contributed by atoms with van der Waals surface area (Å²) in [6.45, 7) is 1.82. The van der Waals surface area contributed by atoms with Crippen LogP contribution in [0.5, 0.6) is 5.88 Å². The highest BCUT2D eigenvalue weighted by Gasteiger charge is 2.24. The first-order chi connectivity index (χ1) is 13.5. The summed E-state index contributed by atoms with van der Waals surface area (Å²) >= 11 is 1.49. The van der Waals surface area contributed by atoms with Gasteiger partial charge in [0.15, 0.2) is 5.78 Å². The monoisotopic (exact) mass is 395 g/mol. The predicted octanol–water partition coefficient (Wildman–Crippen LogP) is 3.93. The van der Waals surface area contributed by atoms with Crippen LogP contribution in [-0.2, 0) is 7.05 Å². The Morgan fingerprint density at radius 3 is 2.79 bits per heavy atom. The summed E-state index contributed by atoms with van der Waals surface area (Å²) in [4.78, 5) is 29.8. The fraction of sp³-hybridized carbons (Fsp3) is 0.100. The molecule has 2 aromatic heterocycles. The number of halogens is 1. The van der Waals surface area contributed by atoms with E-state index < -0.39 is 11.8 Å². The van der Waals surface area contributed by atoms with E-state index in [2.05, 4.69) is 10.1 Å². The highest BCUT2D eigenvalue weighted by molar-refractivity contribution is 7.16. The van der Waals surface area contributed by atoms with Gasteiger partial charge in [0.25, 0.3) is 0 Å². The van der Waals surface area contributed by atoms with Crippen molar-refractivity contribution in [1.82, 2.24) is 14.8 Å². The number of fused-ring (bicyclic) bond motifs is 1. The van der Waals surface area contributed by atoms with Gasteiger partial charge >= 0.3 is 5.97 Å². The number of carbonyl (C=O) groups is 2. The molecule has 2 aromatic carbocycles. The second-order valence-corrected chi connectivity index (χ2v) is 7.04. The van der Waals surface area contributed by atoms with Gasteiger partial charge in [-0.3, -0.25) is 4.79 Å². The van der Waals surface area contributed by atoms with Gasteiger partial charge in [-0.25, -0.2) is 18.9 Å². The third kappa shape index (κ3) is 3.07. The predicted molar refractivity (Wildman–Crippen MR) is 102 cm³/mol. The summed E-state index contributed by atoms with van der Waals surface area (Å²) in [5, 5.41) is 4.04. The molecule has 6 nitrogen and oxygen atoms in total. The van der Waals surface area contributed by atoms with E-state index in [9.17, 15) is 14.0 Å². The van der Waals surface area contributed by atoms with E-state index in [1.165, 1.54) is 40.4 Å². The minimum Gasteiger partial charge on any atom is -0.403 e. The lowest BCUT2D eigenvalue weighted by molar-refractivity contribution is 0.0717. The number of aromatic nitrogens is 3. The lowest BCUT2D eigenvalue weighted by Crippen LogP contribution is -2.14. The lowest BCUT2D eigenvalue weighted by atomic mass is 10.00. The van der Waals surface area contributed by atoms with E-state index in [1.54, 1.807) is 18.6 Å². The van der Waals surface area contributed by atoms with Crippen LogP contribution >= 0.6 is 11.3 Å². The van der Waals surface area contributed by atoms with Crippen molar-refractivity contribution in [2.45, 2.75) is 6.92 Å². The van der Waals surface area contributed by atoms with Gasteiger partial charge in [0.05, 0.1) is 27.5 Å². The maximum Gasteiger partial charge on any atom is 0.344 e. The molecule has 28 heavy (non-hydrogen) atoms. The number of aryl methyl sites for hydroxylation is 2. The van der Waals surface area contributed by atoms with Gasteiger partial charge in [0.1, 0.15) is 11.4 Å². The van der Waals surface area contributed by atoms with Gasteiger partial charge in [-0.15, -0.1) is 11.3 Å². The Hall–Kier alpha value is -3.39. The molecule has 0 saturated carbocycles. The Balaban J connectivity index is 1.70. The third-order valence-corrected chi connectivity index (χ3v) is 5.17. The molecule has 0 bridgehead atoms. The first kappa shape index (κ1) is 18.0. The zero-order chi connectivity index (χ0) is 19.8. The summed E-state index contributed by atoms with van der Waals surface area (Å²) in [6.07, 6.45) is 1.35. The van der Waals surface area contributed by atoms with Crippen LogP contribution in [0.3, 0.4) is 0 Å². The van der Waals surface area contributed by atoms with Crippen LogP contribution in [0, 0.1) is 12.7 Å². The van der Waals surface area contributed by atoms with Crippen molar-refractivity contribution >= 4 is 33.3 Å². The van der Waals surface area contributed by atoms with Crippen molar-refractivity contribution in [2.75, 3.05) is 0 Å². The average molecular weight is 395 g/mol. The molecule has 0 radical (unpaired) electrons. The van der Waals surface area contributed by atoms with Crippen molar-refractivity contribution in [3.63, 3.8) is 0 Å². The Bertz CT molecular complexity index is 1230. The van der Waals surface area contributed by atoms with Crippen LogP contribution in [0.15, 0.2) is 48.1 Å². The Morgan fingerprint density at radius 1 is 1.18 bits per heavy atom. The summed E-state index contributed by atoms with van der Waals surface area (Å²) < 4.78 is 21.0. The molecule has 0 spiro atoms. The van der Waals surface area contributed by atoms with E-state index in [-0.39, 0.29) is 22.8 Å². The molecule has 0 aliphatic rings. The lowest BCUT2D eigenvalue weighted by Gasteiger charge is -2.09. The van der Waals surface area contributed by atoms with Crippen molar-refractivity contribution < 1.29 is 18.7 Å². The smallest absolute Gasteiger partial charge is 0.344 e. The summed E-state index contributed by atoms with van der Waals surface area (Å²) in [5.74, 6) is -1.66. The van der Waals surface area contributed by atoms with Crippen LogP contribution in [-0.4, -0.2) is 26.5 Å². The van der Waals surface area contributed by atoms with Crippen LogP contribution in [0.2, 0.25) is 0 Å². The number of ketones is 1. The molecule has 0 fully saturated rings. The first-order valence-corrected chi connectivity index (χ1v) is 9.21. The van der Waals surface area contributed by atoms with E-state index in [1.807, 2.05) is 13.0 Å². The number of hydrogen-bond donors (Lipinski definition) is 0. The second-order valence-electron chi connectivity index (χ2n) is 6.15. The standard InChI is InChI=1S/C20H14FN3O3S/c1-11-14(6-7-16-17(11)22-10-28-16)18(25)15-9-23-24(2)19(15)27-20(26)12-4-3-5-13(21)8-12/h3-10H,1-2H3. The molecule has 0 atom stereocenters. The number of thiazole rings is 1. The first-order valence-electron chi connectivity index (χ1n) is 8.33. The van der Waals surface area contributed by atoms with Gasteiger partial charge in [-0.2, -0.15) is 5.10 Å². The minimum absolute atomic E-state index is 0.00274. The average Bonchev–Trinajstić information content (AvgIpc) is 3.29. The van der Waals surface area contributed by atoms with Gasteiger partial charge in [0, 0.05) is 12.6 Å². The number of nitrogens with zero attached hydrogens (tertiary/aromatic N) is 3. The normalized spacial score (nSPS) is 11.0. The van der Waals surface area contributed by atoms with E-state index in [0.717, 1.165) is 21.8 Å². The number of benzene rings is 2. The topological polar surface area (TPSA) is 74.1 Å². The molecule has 140 valence electrons. The van der Waals surface area contributed by atoms with Gasteiger partial charge in [0.2, 0.25) is 5.88 Å². The molecule has 8 heteroatoms. The van der Waals surface area contributed by atoms with E-state index in [4.69, 9.17) is 4.74 Å². The van der Waals surface area contributed by atoms with Crippen LogP contribution in [0.1, 0.15) is 31.8 Å². The van der Waals surface area contributed by atoms with Crippen LogP contribution < -0.4 is 4.74 Å². The highest BCUT2D eigenvalue weighted by Crippen LogP contribution is 2.28. The molecule has 0 unspecified atom stereocenters. The minimum atomic E-state index is -0.774. The Kier molecular flexibility index (Phi) is 4.48. The molecule has 0 aliphatic heterocycles. The third-order valence-electron chi connectivity index (χ3n) is 4.38. The largest absolute Gasteiger partial charge is 0.403 e. The molecule has 4 rings (SSSR count). The molecule has 0 saturated heterocycles. The molecule has 0 N–H and O–H groups in total. The maximum absolute atomic E-state index is 13.4. The van der Waals surface area contributed by atoms with Gasteiger partial charge < -0.3 is 4.74 Å². The molecule has 4 aromatic rings. The number of hydrogen-bond acceptors (Lipinski definition) is 6. The van der Waals surface area contributed by atoms with Gasteiger partial charge in [-0.05, 0) is 42.8 Å². The summed E-state index contributed by atoms with van der Waals surface area (Å²) in [6, 6.07) is 8.70. The zero-order valence-corrected chi connectivity index (χ0v) is 15.8. The summed E-state index contributed by atoms with van der Waals surface area (Å²) in [5.41, 5.74) is 3.87. The molecule has 0 aliphatic carbocycles. The Morgan fingerprint density at radius 2 is 2.00 bits per heavy atom. The van der Waals surface area contributed by atoms with Crippen molar-refractivity contribution in [1.29, 1.82) is 0 Å². The summed E-state index contributed by atoms with van der Waals surface area (Å²) in [7, 11) is 1.56. The molecular formula is C20H14FN3O3S. The van der Waals surface area contributed by atoms with Crippen molar-refractivity contribution in [2.24, 2.45) is 7.05 Å².